The Labute approximate surface area is 67.4 Å². The molecule has 0 aliphatic rings. The van der Waals surface area contributed by atoms with Crippen LogP contribution in [0.3, 0.4) is 0 Å². The molecule has 0 radical (unpaired) electrons. The zero-order chi connectivity index (χ0) is 8.85. The van der Waals surface area contributed by atoms with Crippen molar-refractivity contribution in [3.05, 3.63) is 48.4 Å². The van der Waals surface area contributed by atoms with Crippen molar-refractivity contribution in [2.24, 2.45) is 0 Å². The van der Waals surface area contributed by atoms with Crippen molar-refractivity contribution >= 4 is 0 Å². The van der Waals surface area contributed by atoms with Gasteiger partial charge in [0.2, 0.25) is 0 Å². The van der Waals surface area contributed by atoms with Gasteiger partial charge in [-0.2, -0.15) is 0 Å². The van der Waals surface area contributed by atoms with Crippen LogP contribution in [-0.2, 0) is 0 Å². The first-order valence-electron chi connectivity index (χ1n) is 3.41. The highest BCUT2D eigenvalue weighted by Crippen LogP contribution is 2.10. The average Bonchev–Trinajstić information content (AvgIpc) is 1.88. The van der Waals surface area contributed by atoms with Gasteiger partial charge in [0, 0.05) is 0 Å². The summed E-state index contributed by atoms with van der Waals surface area (Å²) in [4.78, 5) is 0. The smallest absolute Gasteiger partial charge is 0.0971 e. The summed E-state index contributed by atoms with van der Waals surface area (Å²) in [5, 5.41) is 0. The van der Waals surface area contributed by atoms with Gasteiger partial charge in [0.25, 0.3) is 0 Å². The van der Waals surface area contributed by atoms with Crippen molar-refractivity contribution in [1.82, 2.24) is 0 Å². The molecule has 0 saturated heterocycles. The Bertz CT molecular complexity index is 205. The minimum Gasteiger partial charge on any atom is -0.212 e. The average molecular weight is 152 g/mol. The summed E-state index contributed by atoms with van der Waals surface area (Å²) in [7, 11) is 0. The summed E-state index contributed by atoms with van der Waals surface area (Å²) < 4.78 is 12.3. The van der Waals surface area contributed by atoms with Crippen molar-refractivity contribution in [3.63, 3.8) is 0 Å². The third-order valence-electron chi connectivity index (χ3n) is 1.31. The highest BCUT2D eigenvalue weighted by Gasteiger charge is 1.91. The molecular formula is C10H13F. The molecule has 0 rings (SSSR count). The molecule has 0 aromatic carbocycles. The van der Waals surface area contributed by atoms with E-state index < -0.39 is 0 Å². The lowest BCUT2D eigenvalue weighted by atomic mass is 10.1. The zero-order valence-electron chi connectivity index (χ0n) is 7.02. The second-order valence-electron chi connectivity index (χ2n) is 2.28. The van der Waals surface area contributed by atoms with Gasteiger partial charge in [0.15, 0.2) is 0 Å². The van der Waals surface area contributed by atoms with Crippen LogP contribution in [0.2, 0.25) is 0 Å². The van der Waals surface area contributed by atoms with Crippen LogP contribution in [0.5, 0.6) is 0 Å². The van der Waals surface area contributed by atoms with Crippen LogP contribution >= 0.6 is 0 Å². The molecule has 0 saturated carbocycles. The van der Waals surface area contributed by atoms with Gasteiger partial charge in [0.1, 0.15) is 0 Å². The maximum absolute atomic E-state index is 12.3. The van der Waals surface area contributed by atoms with Crippen molar-refractivity contribution in [2.75, 3.05) is 0 Å². The first-order valence-corrected chi connectivity index (χ1v) is 3.41. The lowest BCUT2D eigenvalue weighted by Gasteiger charge is -1.96. The molecule has 0 N–H and O–H groups in total. The number of halogens is 1. The lowest BCUT2D eigenvalue weighted by molar-refractivity contribution is 0.639. The van der Waals surface area contributed by atoms with Gasteiger partial charge in [-0.3, -0.25) is 0 Å². The van der Waals surface area contributed by atoms with Crippen molar-refractivity contribution in [1.29, 1.82) is 0 Å². The lowest BCUT2D eigenvalue weighted by Crippen LogP contribution is -1.77. The minimum atomic E-state index is -0.205. The van der Waals surface area contributed by atoms with Gasteiger partial charge < -0.3 is 0 Å². The van der Waals surface area contributed by atoms with Gasteiger partial charge >= 0.3 is 0 Å². The van der Waals surface area contributed by atoms with E-state index in [0.717, 1.165) is 11.1 Å². The zero-order valence-corrected chi connectivity index (χ0v) is 7.02. The van der Waals surface area contributed by atoms with E-state index in [1.165, 1.54) is 13.0 Å². The predicted octanol–water partition coefficient (Wildman–Crippen LogP) is 3.55. The molecule has 0 nitrogen and oxygen atoms in total. The minimum absolute atomic E-state index is 0.205. The molecule has 0 bridgehead atoms. The molecule has 0 aliphatic carbocycles. The van der Waals surface area contributed by atoms with E-state index in [4.69, 9.17) is 0 Å². The number of hydrogen-bond donors (Lipinski definition) is 0. The molecule has 0 unspecified atom stereocenters. The van der Waals surface area contributed by atoms with Gasteiger partial charge in [0.05, 0.1) is 5.83 Å². The van der Waals surface area contributed by atoms with Crippen LogP contribution < -0.4 is 0 Å². The number of hydrogen-bond acceptors (Lipinski definition) is 0. The fraction of sp³-hybridized carbons (Fsp3) is 0.200. The van der Waals surface area contributed by atoms with Crippen molar-refractivity contribution < 1.29 is 4.39 Å². The second kappa shape index (κ2) is 4.67. The standard InChI is InChI=1S/C10H13F/c1-5-10(6-2)8(3)7-9(4)11/h5-7H,1-2H2,3-4H3/b9-7+. The molecule has 11 heavy (non-hydrogen) atoms. The van der Waals surface area contributed by atoms with Gasteiger partial charge in [-0.25, -0.2) is 4.39 Å². The van der Waals surface area contributed by atoms with Crippen LogP contribution in [0.15, 0.2) is 48.4 Å². The normalized spacial score (nSPS) is 10.6. The number of rotatable bonds is 3. The first kappa shape index (κ1) is 9.89. The molecule has 0 aromatic heterocycles. The molecule has 0 aromatic rings. The first-order chi connectivity index (χ1) is 5.11. The Morgan fingerprint density at radius 3 is 1.91 bits per heavy atom. The highest BCUT2D eigenvalue weighted by atomic mass is 19.1. The summed E-state index contributed by atoms with van der Waals surface area (Å²) >= 11 is 0. The Hall–Kier alpha value is -1.11. The largest absolute Gasteiger partial charge is 0.212 e. The van der Waals surface area contributed by atoms with E-state index in [-0.39, 0.29) is 5.83 Å². The molecule has 0 amide bonds. The summed E-state index contributed by atoms with van der Waals surface area (Å²) in [6, 6.07) is 0. The Balaban J connectivity index is 4.76. The third kappa shape index (κ3) is 3.56. The molecule has 0 atom stereocenters. The van der Waals surface area contributed by atoms with Crippen LogP contribution in [0.4, 0.5) is 4.39 Å². The van der Waals surface area contributed by atoms with E-state index in [1.54, 1.807) is 12.2 Å². The summed E-state index contributed by atoms with van der Waals surface area (Å²) in [6.45, 7) is 10.4. The predicted molar refractivity (Wildman–Crippen MR) is 48.0 cm³/mol. The van der Waals surface area contributed by atoms with E-state index in [2.05, 4.69) is 13.2 Å². The fourth-order valence-corrected chi connectivity index (χ4v) is 0.787. The topological polar surface area (TPSA) is 0 Å². The van der Waals surface area contributed by atoms with Crippen LogP contribution in [0, 0.1) is 0 Å². The quantitative estimate of drug-likeness (QED) is 0.542. The van der Waals surface area contributed by atoms with Crippen LogP contribution in [0.25, 0.3) is 0 Å². The fourth-order valence-electron chi connectivity index (χ4n) is 0.787. The van der Waals surface area contributed by atoms with Crippen molar-refractivity contribution in [2.45, 2.75) is 13.8 Å². The molecule has 0 spiro atoms. The maximum atomic E-state index is 12.3. The molecule has 0 aliphatic heterocycles. The van der Waals surface area contributed by atoms with E-state index in [9.17, 15) is 4.39 Å². The Morgan fingerprint density at radius 1 is 1.18 bits per heavy atom. The van der Waals surface area contributed by atoms with Gasteiger partial charge in [-0.05, 0) is 31.1 Å². The summed E-state index contributed by atoms with van der Waals surface area (Å²) in [6.07, 6.45) is 4.77. The molecule has 60 valence electrons. The van der Waals surface area contributed by atoms with Gasteiger partial charge in [-0.15, -0.1) is 0 Å². The SMILES string of the molecule is C=CC(C=C)=C(C)/C=C(\C)F. The monoisotopic (exact) mass is 152 g/mol. The molecular weight excluding hydrogens is 139 g/mol. The molecule has 0 fully saturated rings. The Morgan fingerprint density at radius 2 is 1.64 bits per heavy atom. The van der Waals surface area contributed by atoms with E-state index >= 15 is 0 Å². The molecule has 1 heteroatoms. The van der Waals surface area contributed by atoms with Crippen molar-refractivity contribution in [3.8, 4) is 0 Å². The van der Waals surface area contributed by atoms with Crippen LogP contribution in [-0.4, -0.2) is 0 Å². The third-order valence-corrected chi connectivity index (χ3v) is 1.31. The number of allylic oxidation sites excluding steroid dienone is 6. The van der Waals surface area contributed by atoms with Crippen LogP contribution in [0.1, 0.15) is 13.8 Å². The van der Waals surface area contributed by atoms with Gasteiger partial charge in [-0.1, -0.05) is 25.3 Å². The highest BCUT2D eigenvalue weighted by molar-refractivity contribution is 5.38. The Kier molecular flexibility index (Phi) is 4.20. The molecule has 0 heterocycles. The van der Waals surface area contributed by atoms with E-state index in [1.807, 2.05) is 6.92 Å². The summed E-state index contributed by atoms with van der Waals surface area (Å²) in [5.41, 5.74) is 1.71. The maximum Gasteiger partial charge on any atom is 0.0971 e. The summed E-state index contributed by atoms with van der Waals surface area (Å²) in [5.74, 6) is -0.205. The second-order valence-corrected chi connectivity index (χ2v) is 2.28. The van der Waals surface area contributed by atoms with E-state index in [0.29, 0.717) is 0 Å².